The highest BCUT2D eigenvalue weighted by Crippen LogP contribution is 2.15. The Kier molecular flexibility index (Phi) is 4.76. The van der Waals surface area contributed by atoms with Gasteiger partial charge in [0.25, 0.3) is 0 Å². The molecule has 0 aliphatic carbocycles. The second kappa shape index (κ2) is 6.33. The highest BCUT2D eigenvalue weighted by Gasteiger charge is 2.15. The standard InChI is InChI=1S/C12H15BrN2OS/c13-9-3-1-4-10(7-9)15-12(17)14-8-11-5-2-6-16-11/h1,3-4,7,11H,2,5-6,8H2,(H2,14,15,17). The molecule has 5 heteroatoms. The number of benzene rings is 1. The molecule has 2 N–H and O–H groups in total. The van der Waals surface area contributed by atoms with E-state index < -0.39 is 0 Å². The molecular formula is C12H15BrN2OS. The molecule has 1 fully saturated rings. The minimum Gasteiger partial charge on any atom is -0.376 e. The fourth-order valence-corrected chi connectivity index (χ4v) is 2.35. The van der Waals surface area contributed by atoms with Crippen molar-refractivity contribution in [1.29, 1.82) is 0 Å². The van der Waals surface area contributed by atoms with Crippen LogP contribution in [0.3, 0.4) is 0 Å². The molecule has 3 nitrogen and oxygen atoms in total. The van der Waals surface area contributed by atoms with E-state index in [1.165, 1.54) is 0 Å². The molecule has 0 aromatic heterocycles. The summed E-state index contributed by atoms with van der Waals surface area (Å²) in [4.78, 5) is 0. The average Bonchev–Trinajstić information content (AvgIpc) is 2.79. The third kappa shape index (κ3) is 4.26. The number of hydrogen-bond acceptors (Lipinski definition) is 2. The maximum Gasteiger partial charge on any atom is 0.170 e. The van der Waals surface area contributed by atoms with E-state index in [-0.39, 0.29) is 0 Å². The number of nitrogens with one attached hydrogen (secondary N) is 2. The third-order valence-corrected chi connectivity index (χ3v) is 3.34. The molecule has 0 spiro atoms. The Balaban J connectivity index is 1.76. The van der Waals surface area contributed by atoms with Crippen molar-refractivity contribution in [3.8, 4) is 0 Å². The Morgan fingerprint density at radius 2 is 2.41 bits per heavy atom. The lowest BCUT2D eigenvalue weighted by molar-refractivity contribution is 0.114. The van der Waals surface area contributed by atoms with E-state index >= 15 is 0 Å². The molecule has 1 aliphatic rings. The van der Waals surface area contributed by atoms with Crippen molar-refractivity contribution in [2.75, 3.05) is 18.5 Å². The molecule has 1 heterocycles. The first-order chi connectivity index (χ1) is 8.24. The van der Waals surface area contributed by atoms with Crippen molar-refractivity contribution in [1.82, 2.24) is 5.32 Å². The van der Waals surface area contributed by atoms with Crippen molar-refractivity contribution in [2.45, 2.75) is 18.9 Å². The van der Waals surface area contributed by atoms with Crippen LogP contribution in [0.4, 0.5) is 5.69 Å². The molecule has 0 amide bonds. The summed E-state index contributed by atoms with van der Waals surface area (Å²) in [5.74, 6) is 0. The van der Waals surface area contributed by atoms with Crippen LogP contribution in [-0.4, -0.2) is 24.4 Å². The largest absolute Gasteiger partial charge is 0.376 e. The molecule has 0 radical (unpaired) electrons. The zero-order valence-corrected chi connectivity index (χ0v) is 11.8. The van der Waals surface area contributed by atoms with Gasteiger partial charge < -0.3 is 15.4 Å². The van der Waals surface area contributed by atoms with Gasteiger partial charge in [-0.25, -0.2) is 0 Å². The van der Waals surface area contributed by atoms with Crippen LogP contribution in [0.25, 0.3) is 0 Å². The zero-order chi connectivity index (χ0) is 12.1. The van der Waals surface area contributed by atoms with Gasteiger partial charge in [0.15, 0.2) is 5.11 Å². The summed E-state index contributed by atoms with van der Waals surface area (Å²) in [6, 6.07) is 7.91. The van der Waals surface area contributed by atoms with E-state index in [1.54, 1.807) is 0 Å². The first-order valence-electron chi connectivity index (χ1n) is 5.66. The predicted octanol–water partition coefficient (Wildman–Crippen LogP) is 2.91. The van der Waals surface area contributed by atoms with Crippen LogP contribution in [0.15, 0.2) is 28.7 Å². The second-order valence-corrected chi connectivity index (χ2v) is 5.30. The summed E-state index contributed by atoms with van der Waals surface area (Å²) in [6.07, 6.45) is 2.57. The highest BCUT2D eigenvalue weighted by atomic mass is 79.9. The first kappa shape index (κ1) is 12.8. The number of thiocarbonyl (C=S) groups is 1. The molecule has 92 valence electrons. The molecular weight excluding hydrogens is 300 g/mol. The number of halogens is 1. The first-order valence-corrected chi connectivity index (χ1v) is 6.86. The Bertz CT molecular complexity index is 394. The normalized spacial score (nSPS) is 19.0. The van der Waals surface area contributed by atoms with E-state index in [4.69, 9.17) is 17.0 Å². The van der Waals surface area contributed by atoms with Gasteiger partial charge >= 0.3 is 0 Å². The lowest BCUT2D eigenvalue weighted by atomic mass is 10.2. The maximum atomic E-state index is 5.52. The van der Waals surface area contributed by atoms with Crippen molar-refractivity contribution < 1.29 is 4.74 Å². The summed E-state index contributed by atoms with van der Waals surface area (Å²) in [5, 5.41) is 6.95. The van der Waals surface area contributed by atoms with E-state index in [0.717, 1.165) is 36.2 Å². The topological polar surface area (TPSA) is 33.3 Å². The van der Waals surface area contributed by atoms with Crippen LogP contribution in [0.5, 0.6) is 0 Å². The fourth-order valence-electron chi connectivity index (χ4n) is 1.75. The van der Waals surface area contributed by atoms with Crippen molar-refractivity contribution >= 4 is 38.9 Å². The van der Waals surface area contributed by atoms with Crippen molar-refractivity contribution in [3.63, 3.8) is 0 Å². The van der Waals surface area contributed by atoms with Gasteiger partial charge in [0, 0.05) is 23.3 Å². The molecule has 1 aromatic carbocycles. The molecule has 0 bridgehead atoms. The molecule has 1 aliphatic heterocycles. The van der Waals surface area contributed by atoms with Crippen LogP contribution in [0.1, 0.15) is 12.8 Å². The minimum atomic E-state index is 0.303. The molecule has 1 unspecified atom stereocenters. The van der Waals surface area contributed by atoms with Gasteiger partial charge in [-0.1, -0.05) is 22.0 Å². The van der Waals surface area contributed by atoms with Crippen molar-refractivity contribution in [3.05, 3.63) is 28.7 Å². The fraction of sp³-hybridized carbons (Fsp3) is 0.417. The van der Waals surface area contributed by atoms with Crippen LogP contribution >= 0.6 is 28.1 Å². The Labute approximate surface area is 115 Å². The smallest absolute Gasteiger partial charge is 0.170 e. The van der Waals surface area contributed by atoms with E-state index in [0.29, 0.717) is 11.2 Å². The third-order valence-electron chi connectivity index (χ3n) is 2.60. The van der Waals surface area contributed by atoms with Gasteiger partial charge in [-0.2, -0.15) is 0 Å². The lowest BCUT2D eigenvalue weighted by Crippen LogP contribution is -2.34. The summed E-state index contributed by atoms with van der Waals surface area (Å²) < 4.78 is 6.55. The quantitative estimate of drug-likeness (QED) is 0.841. The number of anilines is 1. The summed E-state index contributed by atoms with van der Waals surface area (Å²) in [7, 11) is 0. The van der Waals surface area contributed by atoms with Gasteiger partial charge in [-0.3, -0.25) is 0 Å². The monoisotopic (exact) mass is 314 g/mol. The molecule has 1 aromatic rings. The summed E-state index contributed by atoms with van der Waals surface area (Å²) in [5.41, 5.74) is 0.976. The predicted molar refractivity (Wildman–Crippen MR) is 77.3 cm³/mol. The van der Waals surface area contributed by atoms with Crippen molar-refractivity contribution in [2.24, 2.45) is 0 Å². The van der Waals surface area contributed by atoms with E-state index in [1.807, 2.05) is 24.3 Å². The molecule has 1 atom stereocenters. The zero-order valence-electron chi connectivity index (χ0n) is 9.41. The van der Waals surface area contributed by atoms with Gasteiger partial charge in [-0.15, -0.1) is 0 Å². The van der Waals surface area contributed by atoms with Crippen LogP contribution in [-0.2, 0) is 4.74 Å². The lowest BCUT2D eigenvalue weighted by Gasteiger charge is -2.14. The number of hydrogen-bond donors (Lipinski definition) is 2. The maximum absolute atomic E-state index is 5.52. The Hall–Kier alpha value is -0.650. The van der Waals surface area contributed by atoms with Gasteiger partial charge in [-0.05, 0) is 43.3 Å². The van der Waals surface area contributed by atoms with Crippen LogP contribution in [0.2, 0.25) is 0 Å². The summed E-state index contributed by atoms with van der Waals surface area (Å²) >= 11 is 8.64. The molecule has 17 heavy (non-hydrogen) atoms. The van der Waals surface area contributed by atoms with E-state index in [9.17, 15) is 0 Å². The highest BCUT2D eigenvalue weighted by molar-refractivity contribution is 9.10. The second-order valence-electron chi connectivity index (χ2n) is 3.98. The Morgan fingerprint density at radius 3 is 3.12 bits per heavy atom. The molecule has 1 saturated heterocycles. The SMILES string of the molecule is S=C(NCC1CCCO1)Nc1cccc(Br)c1. The summed E-state index contributed by atoms with van der Waals surface area (Å²) in [6.45, 7) is 1.65. The minimum absolute atomic E-state index is 0.303. The average molecular weight is 315 g/mol. The van der Waals surface area contributed by atoms with Gasteiger partial charge in [0.2, 0.25) is 0 Å². The van der Waals surface area contributed by atoms with E-state index in [2.05, 4.69) is 26.6 Å². The molecule has 2 rings (SSSR count). The van der Waals surface area contributed by atoms with Crippen LogP contribution < -0.4 is 10.6 Å². The van der Waals surface area contributed by atoms with Gasteiger partial charge in [0.1, 0.15) is 0 Å². The molecule has 0 saturated carbocycles. The number of ether oxygens (including phenoxy) is 1. The number of rotatable bonds is 3. The van der Waals surface area contributed by atoms with Crippen LogP contribution in [0, 0.1) is 0 Å². The Morgan fingerprint density at radius 1 is 1.53 bits per heavy atom. The van der Waals surface area contributed by atoms with Gasteiger partial charge in [0.05, 0.1) is 6.10 Å².